The van der Waals surface area contributed by atoms with E-state index in [1.807, 2.05) is 40.0 Å². The number of carbonyl (C=O) groups excluding carboxylic acids is 2. The second-order valence-corrected chi connectivity index (χ2v) is 11.9. The molecule has 0 radical (unpaired) electrons. The van der Waals surface area contributed by atoms with Crippen molar-refractivity contribution in [2.24, 2.45) is 4.99 Å². The average Bonchev–Trinajstić information content (AvgIpc) is 3.20. The highest BCUT2D eigenvalue weighted by Gasteiger charge is 2.34. The third-order valence-electron chi connectivity index (χ3n) is 5.71. The molecule has 10 nitrogen and oxygen atoms in total. The monoisotopic (exact) mass is 560 g/mol. The summed E-state index contributed by atoms with van der Waals surface area (Å²) in [6, 6.07) is 3.18. The van der Waals surface area contributed by atoms with Gasteiger partial charge in [-0.05, 0) is 65.3 Å². The molecule has 1 saturated heterocycles. The molecule has 12 heteroatoms. The van der Waals surface area contributed by atoms with Crippen LogP contribution in [0.5, 0.6) is 0 Å². The molecule has 1 atom stereocenters. The molecule has 1 aliphatic heterocycles. The first-order valence-electron chi connectivity index (χ1n) is 12.3. The highest BCUT2D eigenvalue weighted by Crippen LogP contribution is 2.28. The smallest absolute Gasteiger partial charge is 0.410 e. The summed E-state index contributed by atoms with van der Waals surface area (Å²) in [7, 11) is 0. The Bertz CT molecular complexity index is 1160. The molecule has 0 aromatic carbocycles. The molecule has 1 aliphatic rings. The highest BCUT2D eigenvalue weighted by molar-refractivity contribution is 8.02. The number of anilines is 1. The van der Waals surface area contributed by atoms with Crippen LogP contribution >= 0.6 is 23.1 Å². The van der Waals surface area contributed by atoms with Crippen molar-refractivity contribution in [2.75, 3.05) is 37.4 Å². The fourth-order valence-corrected chi connectivity index (χ4v) is 5.61. The number of thioether (sulfide) groups is 1. The van der Waals surface area contributed by atoms with Gasteiger partial charge < -0.3 is 25.0 Å². The Morgan fingerprint density at radius 2 is 2.11 bits per heavy atom. The Morgan fingerprint density at radius 3 is 2.68 bits per heavy atom. The van der Waals surface area contributed by atoms with E-state index in [0.29, 0.717) is 43.3 Å². The average molecular weight is 561 g/mol. The summed E-state index contributed by atoms with van der Waals surface area (Å²) < 4.78 is 5.47. The molecule has 3 heterocycles. The number of pyridine rings is 1. The second kappa shape index (κ2) is 13.2. The summed E-state index contributed by atoms with van der Waals surface area (Å²) in [6.45, 7) is 14.0. The van der Waals surface area contributed by atoms with Gasteiger partial charge in [0, 0.05) is 32.4 Å². The number of hydrogen-bond acceptors (Lipinski definition) is 10. The molecule has 1 fully saturated rings. The number of nitrogens with zero attached hydrogens (tertiary/aromatic N) is 5. The zero-order valence-corrected chi connectivity index (χ0v) is 24.2. The number of aliphatic hydroxyl groups is 1. The van der Waals surface area contributed by atoms with Crippen molar-refractivity contribution in [1.29, 1.82) is 0 Å². The van der Waals surface area contributed by atoms with Crippen LogP contribution in [0.2, 0.25) is 0 Å². The zero-order valence-electron chi connectivity index (χ0n) is 22.6. The van der Waals surface area contributed by atoms with E-state index < -0.39 is 11.7 Å². The quantitative estimate of drug-likeness (QED) is 0.263. The second-order valence-electron chi connectivity index (χ2n) is 9.82. The van der Waals surface area contributed by atoms with Crippen LogP contribution in [0.15, 0.2) is 28.7 Å². The Hall–Kier alpha value is -2.96. The van der Waals surface area contributed by atoms with Gasteiger partial charge >= 0.3 is 6.09 Å². The Balaban J connectivity index is 1.57. The number of hydrogen-bond donors (Lipinski definition) is 2. The molecular formula is C26H36N6O4S2. The number of aryl methyl sites for hydroxylation is 2. The van der Waals surface area contributed by atoms with E-state index in [9.17, 15) is 14.7 Å². The van der Waals surface area contributed by atoms with Crippen LogP contribution in [0.1, 0.15) is 53.1 Å². The van der Waals surface area contributed by atoms with Gasteiger partial charge in [0.25, 0.3) is 5.91 Å². The molecule has 0 aliphatic carbocycles. The lowest BCUT2D eigenvalue weighted by Gasteiger charge is -2.41. The number of aromatic nitrogens is 2. The van der Waals surface area contributed by atoms with E-state index in [1.54, 1.807) is 39.5 Å². The molecule has 0 saturated carbocycles. The highest BCUT2D eigenvalue weighted by atomic mass is 32.2. The van der Waals surface area contributed by atoms with Gasteiger partial charge in [-0.15, -0.1) is 23.1 Å². The van der Waals surface area contributed by atoms with E-state index in [4.69, 9.17) is 4.74 Å². The molecule has 206 valence electrons. The van der Waals surface area contributed by atoms with E-state index in [0.717, 1.165) is 21.3 Å². The van der Waals surface area contributed by atoms with Crippen LogP contribution in [-0.2, 0) is 4.74 Å². The number of piperazine rings is 1. The molecule has 2 amide bonds. The first-order valence-corrected chi connectivity index (χ1v) is 14.2. The van der Waals surface area contributed by atoms with Gasteiger partial charge in [0.1, 0.15) is 11.4 Å². The molecule has 1 unspecified atom stereocenters. The maximum absolute atomic E-state index is 13.3. The molecule has 38 heavy (non-hydrogen) atoms. The van der Waals surface area contributed by atoms with Crippen LogP contribution in [0.4, 0.5) is 10.6 Å². The molecule has 3 rings (SSSR count). The minimum atomic E-state index is -0.600. The summed E-state index contributed by atoms with van der Waals surface area (Å²) in [5, 5.41) is 15.7. The Kier molecular flexibility index (Phi) is 10.3. The minimum absolute atomic E-state index is 0.0882. The van der Waals surface area contributed by atoms with Crippen molar-refractivity contribution >= 4 is 53.3 Å². The Morgan fingerprint density at radius 1 is 1.34 bits per heavy atom. The van der Waals surface area contributed by atoms with Crippen LogP contribution in [0, 0.1) is 13.8 Å². The number of aliphatic hydroxyl groups excluding tert-OH is 1. The number of carbonyl (C=O) groups is 2. The summed E-state index contributed by atoms with van der Waals surface area (Å²) in [5.74, 6) is 1.02. The SMILES string of the molecule is C=N/C(=C\SCNc1ccc(C(=O)N2CCN(C(=O)OC(C)(C)C)CC2CCO)cn1)c1sc(C)nc1C. The van der Waals surface area contributed by atoms with Gasteiger partial charge in [0.2, 0.25) is 0 Å². The standard InChI is InChI=1S/C26H36N6O4S2/c1-17-23(38-18(2)30-17)21(27-6)15-37-16-29-22-8-7-19(13-28-22)24(34)32-11-10-31(14-20(32)9-12-33)25(35)36-26(3,4)5/h7-8,13,15,20,33H,6,9-12,14,16H2,1-5H3,(H,28,29)/b21-15-. The maximum atomic E-state index is 13.3. The fourth-order valence-electron chi connectivity index (χ4n) is 3.97. The summed E-state index contributed by atoms with van der Waals surface area (Å²) >= 11 is 3.12. The fraction of sp³-hybridized carbons (Fsp3) is 0.500. The van der Waals surface area contributed by atoms with Gasteiger partial charge in [0.15, 0.2) is 0 Å². The number of thiazole rings is 1. The van der Waals surface area contributed by atoms with Gasteiger partial charge in [-0.1, -0.05) is 0 Å². The van der Waals surface area contributed by atoms with Crippen molar-refractivity contribution in [3.05, 3.63) is 44.9 Å². The van der Waals surface area contributed by atoms with Crippen molar-refractivity contribution < 1.29 is 19.4 Å². The van der Waals surface area contributed by atoms with Crippen molar-refractivity contribution in [1.82, 2.24) is 19.8 Å². The summed E-state index contributed by atoms with van der Waals surface area (Å²) in [5.41, 5.74) is 1.58. The lowest BCUT2D eigenvalue weighted by Crippen LogP contribution is -2.57. The van der Waals surface area contributed by atoms with Gasteiger partial charge in [-0.3, -0.25) is 9.79 Å². The van der Waals surface area contributed by atoms with Crippen molar-refractivity contribution in [3.63, 3.8) is 0 Å². The molecule has 2 aromatic heterocycles. The predicted octanol–water partition coefficient (Wildman–Crippen LogP) is 4.40. The van der Waals surface area contributed by atoms with Crippen molar-refractivity contribution in [3.8, 4) is 0 Å². The first-order chi connectivity index (χ1) is 18.0. The van der Waals surface area contributed by atoms with Crippen LogP contribution in [0.3, 0.4) is 0 Å². The normalized spacial score (nSPS) is 16.4. The van der Waals surface area contributed by atoms with Crippen LogP contribution in [0.25, 0.3) is 5.70 Å². The number of aliphatic imine (C=N–C) groups is 1. The topological polar surface area (TPSA) is 120 Å². The third kappa shape index (κ3) is 8.02. The first kappa shape index (κ1) is 29.6. The number of ether oxygens (including phenoxy) is 1. The van der Waals surface area contributed by atoms with E-state index in [1.165, 1.54) is 11.8 Å². The lowest BCUT2D eigenvalue weighted by molar-refractivity contribution is 0.00177. The third-order valence-corrected chi connectivity index (χ3v) is 7.50. The van der Waals surface area contributed by atoms with Gasteiger partial charge in [-0.25, -0.2) is 14.8 Å². The summed E-state index contributed by atoms with van der Waals surface area (Å²) in [4.78, 5) is 43.0. The van der Waals surface area contributed by atoms with Gasteiger partial charge in [-0.2, -0.15) is 0 Å². The molecule has 0 bridgehead atoms. The minimum Gasteiger partial charge on any atom is -0.444 e. The molecule has 2 N–H and O–H groups in total. The number of rotatable bonds is 9. The maximum Gasteiger partial charge on any atom is 0.410 e. The molecule has 2 aromatic rings. The predicted molar refractivity (Wildman–Crippen MR) is 154 cm³/mol. The van der Waals surface area contributed by atoms with Crippen LogP contribution < -0.4 is 5.32 Å². The van der Waals surface area contributed by atoms with E-state index >= 15 is 0 Å². The summed E-state index contributed by atoms with van der Waals surface area (Å²) in [6.07, 6.45) is 1.50. The van der Waals surface area contributed by atoms with E-state index in [2.05, 4.69) is 27.0 Å². The Labute approximate surface area is 232 Å². The zero-order chi connectivity index (χ0) is 27.9. The van der Waals surface area contributed by atoms with E-state index in [-0.39, 0.29) is 18.6 Å². The number of nitrogens with one attached hydrogen (secondary N) is 1. The lowest BCUT2D eigenvalue weighted by atomic mass is 10.1. The van der Waals surface area contributed by atoms with Gasteiger partial charge in [0.05, 0.1) is 38.8 Å². The molecular weight excluding hydrogens is 524 g/mol. The molecule has 0 spiro atoms. The largest absolute Gasteiger partial charge is 0.444 e. The van der Waals surface area contributed by atoms with Crippen LogP contribution in [-0.4, -0.2) is 87.4 Å². The number of amides is 2. The van der Waals surface area contributed by atoms with Crippen molar-refractivity contribution in [2.45, 2.75) is 52.7 Å².